The number of hydrogen-bond acceptors (Lipinski definition) is 4. The van der Waals surface area contributed by atoms with Gasteiger partial charge in [0.25, 0.3) is 0 Å². The normalized spacial score (nSPS) is 12.4. The molecule has 114 valence electrons. The summed E-state index contributed by atoms with van der Waals surface area (Å²) in [5.41, 5.74) is 9.35. The zero-order chi connectivity index (χ0) is 15.7. The highest BCUT2D eigenvalue weighted by Gasteiger charge is 2.18. The second-order valence-corrected chi connectivity index (χ2v) is 5.11. The van der Waals surface area contributed by atoms with E-state index in [0.717, 1.165) is 22.4 Å². The van der Waals surface area contributed by atoms with E-state index in [1.54, 1.807) is 14.2 Å². The first-order valence-corrected chi connectivity index (χ1v) is 7.04. The second kappa shape index (κ2) is 5.69. The number of aryl methyl sites for hydroxylation is 1. The van der Waals surface area contributed by atoms with E-state index in [0.29, 0.717) is 11.5 Å². The van der Waals surface area contributed by atoms with Crippen LogP contribution in [0.1, 0.15) is 17.4 Å². The van der Waals surface area contributed by atoms with Gasteiger partial charge in [-0.1, -0.05) is 18.2 Å². The van der Waals surface area contributed by atoms with E-state index in [4.69, 9.17) is 15.2 Å². The summed E-state index contributed by atoms with van der Waals surface area (Å²) in [6, 6.07) is 13.3. The van der Waals surface area contributed by atoms with Crippen LogP contribution in [-0.4, -0.2) is 23.8 Å². The van der Waals surface area contributed by atoms with Gasteiger partial charge >= 0.3 is 0 Å². The zero-order valence-electron chi connectivity index (χ0n) is 12.9. The van der Waals surface area contributed by atoms with E-state index in [1.165, 1.54) is 0 Å². The fraction of sp³-hybridized carbons (Fsp3) is 0.235. The quantitative estimate of drug-likeness (QED) is 0.804. The smallest absolute Gasteiger partial charge is 0.161 e. The van der Waals surface area contributed by atoms with Gasteiger partial charge in [-0.2, -0.15) is 0 Å². The third kappa shape index (κ3) is 2.29. The van der Waals surface area contributed by atoms with Crippen molar-refractivity contribution in [3.63, 3.8) is 0 Å². The summed E-state index contributed by atoms with van der Waals surface area (Å²) in [6.45, 7) is 0. The molecule has 0 fully saturated rings. The summed E-state index contributed by atoms with van der Waals surface area (Å²) < 4.78 is 12.6. The maximum atomic E-state index is 6.42. The maximum absolute atomic E-state index is 6.42. The molecule has 3 rings (SSSR count). The monoisotopic (exact) mass is 297 g/mol. The molecule has 2 N–H and O–H groups in total. The molecule has 1 heterocycles. The molecule has 0 spiro atoms. The van der Waals surface area contributed by atoms with Crippen LogP contribution in [0.3, 0.4) is 0 Å². The molecule has 0 aliphatic heterocycles. The fourth-order valence-corrected chi connectivity index (χ4v) is 2.64. The highest BCUT2D eigenvalue weighted by Crippen LogP contribution is 2.31. The molecular formula is C17H19N3O2. The van der Waals surface area contributed by atoms with Crippen molar-refractivity contribution in [2.24, 2.45) is 12.8 Å². The number of aromatic nitrogens is 2. The first-order chi connectivity index (χ1) is 10.7. The number of nitrogens with zero attached hydrogens (tertiary/aromatic N) is 2. The first kappa shape index (κ1) is 14.4. The van der Waals surface area contributed by atoms with Crippen LogP contribution < -0.4 is 15.2 Å². The molecule has 1 atom stereocenters. The van der Waals surface area contributed by atoms with Crippen molar-refractivity contribution in [2.75, 3.05) is 14.2 Å². The molecule has 0 saturated heterocycles. The maximum Gasteiger partial charge on any atom is 0.161 e. The van der Waals surface area contributed by atoms with Crippen molar-refractivity contribution < 1.29 is 9.47 Å². The number of imidazole rings is 1. The van der Waals surface area contributed by atoms with Crippen LogP contribution in [0.25, 0.3) is 11.0 Å². The number of para-hydroxylation sites is 2. The lowest BCUT2D eigenvalue weighted by atomic mass is 10.1. The number of rotatable bonds is 4. The Morgan fingerprint density at radius 2 is 1.77 bits per heavy atom. The largest absolute Gasteiger partial charge is 0.493 e. The van der Waals surface area contributed by atoms with Crippen molar-refractivity contribution in [1.29, 1.82) is 0 Å². The van der Waals surface area contributed by atoms with Gasteiger partial charge in [0.1, 0.15) is 5.82 Å². The molecule has 0 radical (unpaired) electrons. The zero-order valence-corrected chi connectivity index (χ0v) is 12.9. The van der Waals surface area contributed by atoms with Crippen molar-refractivity contribution in [2.45, 2.75) is 6.04 Å². The summed E-state index contributed by atoms with van der Waals surface area (Å²) in [6.07, 6.45) is 0. The Labute approximate surface area is 129 Å². The van der Waals surface area contributed by atoms with Gasteiger partial charge in [0.2, 0.25) is 0 Å². The number of benzene rings is 2. The van der Waals surface area contributed by atoms with E-state index in [2.05, 4.69) is 4.98 Å². The number of ether oxygens (including phenoxy) is 2. The Morgan fingerprint density at radius 3 is 2.45 bits per heavy atom. The minimum absolute atomic E-state index is 0.336. The predicted octanol–water partition coefficient (Wildman–Crippen LogP) is 2.64. The number of fused-ring (bicyclic) bond motifs is 1. The molecule has 5 nitrogen and oxygen atoms in total. The van der Waals surface area contributed by atoms with Gasteiger partial charge in [-0.25, -0.2) is 4.98 Å². The number of hydrogen-bond donors (Lipinski definition) is 1. The van der Waals surface area contributed by atoms with Crippen molar-refractivity contribution in [3.8, 4) is 11.5 Å². The van der Waals surface area contributed by atoms with Crippen LogP contribution in [0.5, 0.6) is 11.5 Å². The Hall–Kier alpha value is -2.53. The molecule has 5 heteroatoms. The van der Waals surface area contributed by atoms with Crippen molar-refractivity contribution in [3.05, 3.63) is 53.9 Å². The van der Waals surface area contributed by atoms with Gasteiger partial charge in [0, 0.05) is 7.05 Å². The highest BCUT2D eigenvalue weighted by atomic mass is 16.5. The Kier molecular flexibility index (Phi) is 3.73. The van der Waals surface area contributed by atoms with Gasteiger partial charge in [0.05, 0.1) is 31.3 Å². The standard InChI is InChI=1S/C17H19N3O2/c1-20-13-7-5-4-6-12(13)19-17(20)16(18)11-8-9-14(21-2)15(10-11)22-3/h4-10,16H,18H2,1-3H3. The van der Waals surface area contributed by atoms with E-state index in [1.807, 2.05) is 54.1 Å². The van der Waals surface area contributed by atoms with Gasteiger partial charge in [-0.05, 0) is 29.8 Å². The van der Waals surface area contributed by atoms with Crippen LogP contribution in [0.4, 0.5) is 0 Å². The molecule has 1 aromatic heterocycles. The summed E-state index contributed by atoms with van der Waals surface area (Å²) in [4.78, 5) is 4.65. The van der Waals surface area contributed by atoms with E-state index >= 15 is 0 Å². The Balaban J connectivity index is 2.05. The summed E-state index contributed by atoms with van der Waals surface area (Å²) >= 11 is 0. The average molecular weight is 297 g/mol. The molecule has 22 heavy (non-hydrogen) atoms. The third-order valence-corrected chi connectivity index (χ3v) is 3.87. The molecule has 2 aromatic carbocycles. The molecule has 1 unspecified atom stereocenters. The van der Waals surface area contributed by atoms with Crippen molar-refractivity contribution >= 4 is 11.0 Å². The topological polar surface area (TPSA) is 62.3 Å². The summed E-state index contributed by atoms with van der Waals surface area (Å²) in [5, 5.41) is 0. The molecular weight excluding hydrogens is 278 g/mol. The molecule has 0 bridgehead atoms. The van der Waals surface area contributed by atoms with E-state index in [-0.39, 0.29) is 6.04 Å². The second-order valence-electron chi connectivity index (χ2n) is 5.11. The van der Waals surface area contributed by atoms with Gasteiger partial charge in [-0.15, -0.1) is 0 Å². The fourth-order valence-electron chi connectivity index (χ4n) is 2.64. The van der Waals surface area contributed by atoms with Crippen LogP contribution in [0.2, 0.25) is 0 Å². The average Bonchev–Trinajstić information content (AvgIpc) is 2.91. The summed E-state index contributed by atoms with van der Waals surface area (Å²) in [5.74, 6) is 2.16. The Bertz CT molecular complexity index is 811. The van der Waals surface area contributed by atoms with E-state index < -0.39 is 0 Å². The SMILES string of the molecule is COc1ccc(C(N)c2nc3ccccc3n2C)cc1OC. The summed E-state index contributed by atoms with van der Waals surface area (Å²) in [7, 11) is 5.20. The van der Waals surface area contributed by atoms with Gasteiger partial charge < -0.3 is 19.8 Å². The lowest BCUT2D eigenvalue weighted by Gasteiger charge is -2.15. The minimum Gasteiger partial charge on any atom is -0.493 e. The minimum atomic E-state index is -0.336. The predicted molar refractivity (Wildman–Crippen MR) is 86.3 cm³/mol. The number of methoxy groups -OCH3 is 2. The molecule has 0 aliphatic carbocycles. The molecule has 0 saturated carbocycles. The lowest BCUT2D eigenvalue weighted by Crippen LogP contribution is -2.16. The molecule has 0 amide bonds. The van der Waals surface area contributed by atoms with Crippen molar-refractivity contribution in [1.82, 2.24) is 9.55 Å². The van der Waals surface area contributed by atoms with Crippen LogP contribution in [0.15, 0.2) is 42.5 Å². The van der Waals surface area contributed by atoms with Crippen LogP contribution in [-0.2, 0) is 7.05 Å². The first-order valence-electron chi connectivity index (χ1n) is 7.04. The third-order valence-electron chi connectivity index (χ3n) is 3.87. The van der Waals surface area contributed by atoms with Crippen LogP contribution >= 0.6 is 0 Å². The lowest BCUT2D eigenvalue weighted by molar-refractivity contribution is 0.354. The van der Waals surface area contributed by atoms with Gasteiger partial charge in [-0.3, -0.25) is 0 Å². The van der Waals surface area contributed by atoms with E-state index in [9.17, 15) is 0 Å². The number of nitrogens with two attached hydrogens (primary N) is 1. The Morgan fingerprint density at radius 1 is 1.05 bits per heavy atom. The molecule has 0 aliphatic rings. The van der Waals surface area contributed by atoms with Gasteiger partial charge in [0.15, 0.2) is 11.5 Å². The van der Waals surface area contributed by atoms with Crippen LogP contribution in [0, 0.1) is 0 Å². The molecule has 3 aromatic rings. The highest BCUT2D eigenvalue weighted by molar-refractivity contribution is 5.76.